The molecule has 1 amide bonds. The van der Waals surface area contributed by atoms with Gasteiger partial charge < -0.3 is 15.3 Å². The molecule has 0 aromatic carbocycles. The summed E-state index contributed by atoms with van der Waals surface area (Å²) in [6.45, 7) is 2.75. The lowest BCUT2D eigenvalue weighted by atomic mass is 9.94. The summed E-state index contributed by atoms with van der Waals surface area (Å²) in [4.78, 5) is 14.1. The van der Waals surface area contributed by atoms with E-state index in [1.165, 1.54) is 25.7 Å². The van der Waals surface area contributed by atoms with Crippen LogP contribution in [0.3, 0.4) is 0 Å². The quantitative estimate of drug-likeness (QED) is 0.776. The first kappa shape index (κ1) is 15.8. The summed E-state index contributed by atoms with van der Waals surface area (Å²) in [6, 6.07) is 0. The Hall–Kier alpha value is -0.610. The molecule has 1 saturated heterocycles. The van der Waals surface area contributed by atoms with Crippen molar-refractivity contribution in [2.24, 2.45) is 0 Å². The third-order valence-corrected chi connectivity index (χ3v) is 4.72. The average molecular weight is 282 g/mol. The molecule has 0 aromatic rings. The van der Waals surface area contributed by atoms with E-state index < -0.39 is 5.60 Å². The highest BCUT2D eigenvalue weighted by Gasteiger charge is 2.27. The number of aliphatic hydroxyl groups is 1. The summed E-state index contributed by atoms with van der Waals surface area (Å²) in [7, 11) is 0. The summed E-state index contributed by atoms with van der Waals surface area (Å²) < 4.78 is 0. The van der Waals surface area contributed by atoms with Crippen molar-refractivity contribution >= 4 is 5.91 Å². The molecule has 0 atom stereocenters. The van der Waals surface area contributed by atoms with Gasteiger partial charge in [0.1, 0.15) is 0 Å². The van der Waals surface area contributed by atoms with E-state index in [0.717, 1.165) is 51.6 Å². The van der Waals surface area contributed by atoms with Crippen LogP contribution >= 0.6 is 0 Å². The van der Waals surface area contributed by atoms with E-state index in [4.69, 9.17) is 0 Å². The number of hydrogen-bond donors (Lipinski definition) is 2. The molecule has 1 heterocycles. The molecule has 2 rings (SSSR count). The third kappa shape index (κ3) is 5.06. The van der Waals surface area contributed by atoms with E-state index in [1.54, 1.807) is 0 Å². The van der Waals surface area contributed by atoms with Crippen molar-refractivity contribution in [2.45, 2.75) is 69.8 Å². The molecule has 1 aliphatic heterocycles. The Morgan fingerprint density at radius 1 is 0.950 bits per heavy atom. The first-order valence-corrected chi connectivity index (χ1v) is 8.41. The molecule has 2 aliphatic rings. The number of nitrogens with one attached hydrogen (secondary N) is 1. The number of nitrogens with zero attached hydrogens (tertiary/aromatic N) is 1. The second-order valence-electron chi connectivity index (χ2n) is 6.54. The highest BCUT2D eigenvalue weighted by Crippen LogP contribution is 2.26. The summed E-state index contributed by atoms with van der Waals surface area (Å²) in [6.07, 6.45) is 11.2. The molecule has 0 unspecified atom stereocenters. The first-order valence-electron chi connectivity index (χ1n) is 8.41. The number of amides is 1. The summed E-state index contributed by atoms with van der Waals surface area (Å²) in [5, 5.41) is 13.7. The molecular formula is C16H30N2O2. The van der Waals surface area contributed by atoms with E-state index in [1.807, 2.05) is 4.90 Å². The predicted molar refractivity (Wildman–Crippen MR) is 80.6 cm³/mol. The molecule has 0 radical (unpaired) electrons. The fourth-order valence-corrected chi connectivity index (χ4v) is 3.40. The molecule has 1 aliphatic carbocycles. The van der Waals surface area contributed by atoms with Gasteiger partial charge in [0.05, 0.1) is 12.1 Å². The van der Waals surface area contributed by atoms with Gasteiger partial charge in [0.2, 0.25) is 5.91 Å². The van der Waals surface area contributed by atoms with Crippen LogP contribution in [-0.4, -0.2) is 47.7 Å². The third-order valence-electron chi connectivity index (χ3n) is 4.72. The maximum atomic E-state index is 12.1. The topological polar surface area (TPSA) is 52.6 Å². The SMILES string of the molecule is O=C(CNCC1(O)CCCCCC1)N1CCCCCC1. The van der Waals surface area contributed by atoms with Crippen LogP contribution in [0, 0.1) is 0 Å². The van der Waals surface area contributed by atoms with Crippen molar-refractivity contribution in [3.8, 4) is 0 Å². The largest absolute Gasteiger partial charge is 0.389 e. The van der Waals surface area contributed by atoms with Crippen LogP contribution in [0.15, 0.2) is 0 Å². The smallest absolute Gasteiger partial charge is 0.236 e. The Labute approximate surface area is 122 Å². The van der Waals surface area contributed by atoms with Crippen LogP contribution in [0.4, 0.5) is 0 Å². The lowest BCUT2D eigenvalue weighted by Crippen LogP contribution is -2.45. The zero-order valence-corrected chi connectivity index (χ0v) is 12.7. The van der Waals surface area contributed by atoms with Crippen LogP contribution in [0.25, 0.3) is 0 Å². The number of carbonyl (C=O) groups excluding carboxylic acids is 1. The molecule has 116 valence electrons. The summed E-state index contributed by atoms with van der Waals surface area (Å²) in [5.41, 5.74) is -0.588. The van der Waals surface area contributed by atoms with Crippen LogP contribution in [0.2, 0.25) is 0 Å². The van der Waals surface area contributed by atoms with Gasteiger partial charge in [-0.2, -0.15) is 0 Å². The van der Waals surface area contributed by atoms with Crippen molar-refractivity contribution in [2.75, 3.05) is 26.2 Å². The minimum Gasteiger partial charge on any atom is -0.389 e. The van der Waals surface area contributed by atoms with Gasteiger partial charge >= 0.3 is 0 Å². The summed E-state index contributed by atoms with van der Waals surface area (Å²) in [5.74, 6) is 0.198. The van der Waals surface area contributed by atoms with Gasteiger partial charge in [0, 0.05) is 19.6 Å². The van der Waals surface area contributed by atoms with E-state index in [-0.39, 0.29) is 5.91 Å². The van der Waals surface area contributed by atoms with E-state index >= 15 is 0 Å². The molecule has 2 fully saturated rings. The first-order chi connectivity index (χ1) is 9.70. The van der Waals surface area contributed by atoms with Crippen LogP contribution in [0.1, 0.15) is 64.2 Å². The van der Waals surface area contributed by atoms with Crippen molar-refractivity contribution in [3.63, 3.8) is 0 Å². The van der Waals surface area contributed by atoms with Crippen LogP contribution in [0.5, 0.6) is 0 Å². The maximum Gasteiger partial charge on any atom is 0.236 e. The molecule has 0 bridgehead atoms. The zero-order chi connectivity index (χ0) is 14.3. The van der Waals surface area contributed by atoms with E-state index in [9.17, 15) is 9.90 Å². The Bertz CT molecular complexity index is 291. The molecular weight excluding hydrogens is 252 g/mol. The van der Waals surface area contributed by atoms with Gasteiger partial charge in [-0.05, 0) is 25.7 Å². The average Bonchev–Trinajstić information content (AvgIpc) is 2.81. The Kier molecular flexibility index (Phi) is 6.30. The maximum absolute atomic E-state index is 12.1. The second-order valence-corrected chi connectivity index (χ2v) is 6.54. The number of rotatable bonds is 4. The van der Waals surface area contributed by atoms with Gasteiger partial charge in [-0.1, -0.05) is 38.5 Å². The number of likely N-dealkylation sites (tertiary alicyclic amines) is 1. The van der Waals surface area contributed by atoms with Crippen LogP contribution in [-0.2, 0) is 4.79 Å². The monoisotopic (exact) mass is 282 g/mol. The standard InChI is InChI=1S/C16H30N2O2/c19-15(18-11-7-3-4-8-12-18)13-17-14-16(20)9-5-1-2-6-10-16/h17,20H,1-14H2. The fourth-order valence-electron chi connectivity index (χ4n) is 3.40. The minimum absolute atomic E-state index is 0.198. The molecule has 4 heteroatoms. The lowest BCUT2D eigenvalue weighted by Gasteiger charge is -2.27. The highest BCUT2D eigenvalue weighted by atomic mass is 16.3. The molecule has 0 aromatic heterocycles. The Morgan fingerprint density at radius 3 is 2.10 bits per heavy atom. The number of carbonyl (C=O) groups is 1. The number of hydrogen-bond acceptors (Lipinski definition) is 3. The van der Waals surface area contributed by atoms with Gasteiger partial charge in [0.25, 0.3) is 0 Å². The van der Waals surface area contributed by atoms with Gasteiger partial charge in [-0.25, -0.2) is 0 Å². The molecule has 20 heavy (non-hydrogen) atoms. The fraction of sp³-hybridized carbons (Fsp3) is 0.938. The van der Waals surface area contributed by atoms with E-state index in [2.05, 4.69) is 5.32 Å². The van der Waals surface area contributed by atoms with Crippen LogP contribution < -0.4 is 5.32 Å². The van der Waals surface area contributed by atoms with Crippen molar-refractivity contribution in [1.82, 2.24) is 10.2 Å². The van der Waals surface area contributed by atoms with Gasteiger partial charge in [-0.15, -0.1) is 0 Å². The Morgan fingerprint density at radius 2 is 1.50 bits per heavy atom. The van der Waals surface area contributed by atoms with Crippen molar-refractivity contribution in [1.29, 1.82) is 0 Å². The molecule has 1 saturated carbocycles. The van der Waals surface area contributed by atoms with Crippen molar-refractivity contribution < 1.29 is 9.90 Å². The molecule has 2 N–H and O–H groups in total. The van der Waals surface area contributed by atoms with Gasteiger partial charge in [-0.3, -0.25) is 4.79 Å². The minimum atomic E-state index is -0.588. The normalized spacial score (nSPS) is 23.9. The summed E-state index contributed by atoms with van der Waals surface area (Å²) >= 11 is 0. The Balaban J connectivity index is 1.69. The van der Waals surface area contributed by atoms with E-state index in [0.29, 0.717) is 13.1 Å². The second kappa shape index (κ2) is 7.99. The zero-order valence-electron chi connectivity index (χ0n) is 12.7. The molecule has 0 spiro atoms. The lowest BCUT2D eigenvalue weighted by molar-refractivity contribution is -0.130. The van der Waals surface area contributed by atoms with Crippen molar-refractivity contribution in [3.05, 3.63) is 0 Å². The predicted octanol–water partition coefficient (Wildman–Crippen LogP) is 2.06. The molecule has 4 nitrogen and oxygen atoms in total. The highest BCUT2D eigenvalue weighted by molar-refractivity contribution is 5.78. The van der Waals surface area contributed by atoms with Gasteiger partial charge in [0.15, 0.2) is 0 Å².